The predicted octanol–water partition coefficient (Wildman–Crippen LogP) is 5.60. The number of carbonyl (C=O) groups is 1. The number of rotatable bonds is 7. The van der Waals surface area contributed by atoms with Crippen molar-refractivity contribution >= 4 is 40.3 Å². The van der Waals surface area contributed by atoms with Gasteiger partial charge in [0.2, 0.25) is 0 Å². The number of hydrogen-bond donors (Lipinski definition) is 0. The summed E-state index contributed by atoms with van der Waals surface area (Å²) >= 11 is 6.86. The molecule has 0 spiro atoms. The molecule has 1 aliphatic rings. The average molecular weight is 477 g/mol. The van der Waals surface area contributed by atoms with Gasteiger partial charge < -0.3 is 9.47 Å². The Kier molecular flexibility index (Phi) is 7.11. The van der Waals surface area contributed by atoms with E-state index in [-0.39, 0.29) is 11.9 Å². The number of hydrogen-bond acceptors (Lipinski definition) is 6. The summed E-state index contributed by atoms with van der Waals surface area (Å²) < 4.78 is 11.5. The van der Waals surface area contributed by atoms with Gasteiger partial charge in [-0.1, -0.05) is 66.4 Å². The summed E-state index contributed by atoms with van der Waals surface area (Å²) in [6.07, 6.45) is 4.33. The number of methoxy groups -OCH3 is 2. The molecule has 1 atom stereocenters. The van der Waals surface area contributed by atoms with E-state index in [2.05, 4.69) is 17.1 Å². The van der Waals surface area contributed by atoms with Crippen molar-refractivity contribution in [3.8, 4) is 22.8 Å². The molecule has 7 heteroatoms. The first-order valence-corrected chi connectivity index (χ1v) is 11.7. The Balaban J connectivity index is 1.53. The van der Waals surface area contributed by atoms with Crippen molar-refractivity contribution in [1.82, 2.24) is 9.88 Å². The van der Waals surface area contributed by atoms with E-state index in [0.29, 0.717) is 20.7 Å². The molecule has 2 aromatic carbocycles. The maximum absolute atomic E-state index is 13.1. The maximum Gasteiger partial charge on any atom is 0.266 e. The number of amides is 1. The third-order valence-corrected chi connectivity index (χ3v) is 6.73. The number of benzene rings is 2. The number of thioether (sulfide) groups is 1. The highest BCUT2D eigenvalue weighted by molar-refractivity contribution is 8.26. The molecule has 1 saturated heterocycles. The summed E-state index contributed by atoms with van der Waals surface area (Å²) in [6.45, 7) is 2.03. The van der Waals surface area contributed by atoms with E-state index in [0.717, 1.165) is 23.2 Å². The van der Waals surface area contributed by atoms with Crippen LogP contribution in [0.25, 0.3) is 17.3 Å². The quantitative estimate of drug-likeness (QED) is 0.327. The SMILES string of the molecule is COc1cccc(-c2ccc(C=C3SC(=S)N(C(C)Cc4ccccc4)C3=O)cn2)c1OC. The van der Waals surface area contributed by atoms with Crippen molar-refractivity contribution < 1.29 is 14.3 Å². The van der Waals surface area contributed by atoms with Gasteiger partial charge in [0.15, 0.2) is 11.5 Å². The molecule has 2 heterocycles. The second kappa shape index (κ2) is 10.2. The Morgan fingerprint density at radius 3 is 2.52 bits per heavy atom. The van der Waals surface area contributed by atoms with Gasteiger partial charge in [0.05, 0.1) is 24.8 Å². The molecule has 0 N–H and O–H groups in total. The predicted molar refractivity (Wildman–Crippen MR) is 137 cm³/mol. The molecule has 4 rings (SSSR count). The molecule has 33 heavy (non-hydrogen) atoms. The lowest BCUT2D eigenvalue weighted by molar-refractivity contribution is -0.123. The van der Waals surface area contributed by atoms with Crippen molar-refractivity contribution in [2.75, 3.05) is 14.2 Å². The topological polar surface area (TPSA) is 51.7 Å². The van der Waals surface area contributed by atoms with Crippen LogP contribution in [0, 0.1) is 0 Å². The molecule has 1 amide bonds. The van der Waals surface area contributed by atoms with E-state index in [4.69, 9.17) is 21.7 Å². The molecule has 5 nitrogen and oxygen atoms in total. The molecule has 168 valence electrons. The largest absolute Gasteiger partial charge is 0.493 e. The van der Waals surface area contributed by atoms with E-state index in [1.165, 1.54) is 17.3 Å². The molecule has 0 aliphatic carbocycles. The Morgan fingerprint density at radius 2 is 1.85 bits per heavy atom. The fraction of sp³-hybridized carbons (Fsp3) is 0.192. The van der Waals surface area contributed by atoms with Crippen LogP contribution in [0.15, 0.2) is 71.8 Å². The fourth-order valence-electron chi connectivity index (χ4n) is 3.80. The van der Waals surface area contributed by atoms with Gasteiger partial charge >= 0.3 is 0 Å². The number of ether oxygens (including phenoxy) is 2. The van der Waals surface area contributed by atoms with Crippen LogP contribution in [0.3, 0.4) is 0 Å². The molecule has 1 aliphatic heterocycles. The Morgan fingerprint density at radius 1 is 1.06 bits per heavy atom. The number of thiocarbonyl (C=S) groups is 1. The molecule has 0 bridgehead atoms. The van der Waals surface area contributed by atoms with Crippen molar-refractivity contribution in [1.29, 1.82) is 0 Å². The number of pyridine rings is 1. The van der Waals surface area contributed by atoms with Crippen LogP contribution in [0.4, 0.5) is 0 Å². The first-order valence-electron chi connectivity index (χ1n) is 10.5. The molecule has 3 aromatic rings. The van der Waals surface area contributed by atoms with Gasteiger partial charge in [-0.25, -0.2) is 0 Å². The second-order valence-corrected chi connectivity index (χ2v) is 9.28. The van der Waals surface area contributed by atoms with E-state index in [1.807, 2.05) is 61.5 Å². The number of carbonyl (C=O) groups excluding carboxylic acids is 1. The Labute approximate surface area is 203 Å². The van der Waals surface area contributed by atoms with Crippen LogP contribution < -0.4 is 9.47 Å². The maximum atomic E-state index is 13.1. The van der Waals surface area contributed by atoms with Crippen LogP contribution in [-0.4, -0.2) is 40.4 Å². The lowest BCUT2D eigenvalue weighted by atomic mass is 10.1. The first-order chi connectivity index (χ1) is 16.0. The van der Waals surface area contributed by atoms with Crippen LogP contribution in [0.5, 0.6) is 11.5 Å². The van der Waals surface area contributed by atoms with Crippen LogP contribution in [-0.2, 0) is 11.2 Å². The molecule has 0 saturated carbocycles. The minimum Gasteiger partial charge on any atom is -0.493 e. The highest BCUT2D eigenvalue weighted by atomic mass is 32.2. The van der Waals surface area contributed by atoms with Crippen LogP contribution >= 0.6 is 24.0 Å². The number of aromatic nitrogens is 1. The van der Waals surface area contributed by atoms with Crippen molar-refractivity contribution in [3.63, 3.8) is 0 Å². The summed E-state index contributed by atoms with van der Waals surface area (Å²) in [5, 5.41) is 0. The highest BCUT2D eigenvalue weighted by Crippen LogP contribution is 2.38. The molecule has 0 radical (unpaired) electrons. The van der Waals surface area contributed by atoms with E-state index in [9.17, 15) is 4.79 Å². The lowest BCUT2D eigenvalue weighted by Gasteiger charge is -2.23. The van der Waals surface area contributed by atoms with Crippen molar-refractivity contribution in [3.05, 3.63) is 82.9 Å². The normalized spacial score (nSPS) is 15.7. The van der Waals surface area contributed by atoms with E-state index >= 15 is 0 Å². The zero-order valence-corrected chi connectivity index (χ0v) is 20.3. The minimum atomic E-state index is -0.0630. The molecular formula is C26H24N2O3S2. The van der Waals surface area contributed by atoms with Crippen LogP contribution in [0.2, 0.25) is 0 Å². The summed E-state index contributed by atoms with van der Waals surface area (Å²) in [5.74, 6) is 1.22. The minimum absolute atomic E-state index is 0.0215. The summed E-state index contributed by atoms with van der Waals surface area (Å²) in [7, 11) is 3.21. The zero-order chi connectivity index (χ0) is 23.4. The van der Waals surface area contributed by atoms with Crippen molar-refractivity contribution in [2.45, 2.75) is 19.4 Å². The molecule has 1 aromatic heterocycles. The van der Waals surface area contributed by atoms with Gasteiger partial charge in [0.25, 0.3) is 5.91 Å². The van der Waals surface area contributed by atoms with E-state index in [1.54, 1.807) is 25.3 Å². The first kappa shape index (κ1) is 23.0. The second-order valence-electron chi connectivity index (χ2n) is 7.61. The van der Waals surface area contributed by atoms with Crippen LogP contribution in [0.1, 0.15) is 18.1 Å². The molecule has 1 fully saturated rings. The van der Waals surface area contributed by atoms with Gasteiger partial charge in [0, 0.05) is 17.8 Å². The average Bonchev–Trinajstić information content (AvgIpc) is 3.12. The standard InChI is InChI=1S/C26H24N2O3S2/c1-17(14-18-8-5-4-6-9-18)28-25(29)23(33-26(28)32)15-19-12-13-21(27-16-19)20-10-7-11-22(30-2)24(20)31-3/h4-13,15-17H,14H2,1-3H3. The number of nitrogens with zero attached hydrogens (tertiary/aromatic N) is 2. The lowest BCUT2D eigenvalue weighted by Crippen LogP contribution is -2.37. The Bertz CT molecular complexity index is 1190. The smallest absolute Gasteiger partial charge is 0.266 e. The summed E-state index contributed by atoms with van der Waals surface area (Å²) in [6, 6.07) is 19.6. The molecular weight excluding hydrogens is 452 g/mol. The fourth-order valence-corrected chi connectivity index (χ4v) is 5.26. The third kappa shape index (κ3) is 4.94. The van der Waals surface area contributed by atoms with Crippen molar-refractivity contribution in [2.24, 2.45) is 0 Å². The Hall–Kier alpha value is -3.16. The van der Waals surface area contributed by atoms with E-state index < -0.39 is 0 Å². The molecule has 1 unspecified atom stereocenters. The van der Waals surface area contributed by atoms with Gasteiger partial charge in [-0.05, 0) is 48.7 Å². The monoisotopic (exact) mass is 476 g/mol. The number of para-hydroxylation sites is 1. The summed E-state index contributed by atoms with van der Waals surface area (Å²) in [5.41, 5.74) is 3.60. The zero-order valence-electron chi connectivity index (χ0n) is 18.6. The van der Waals surface area contributed by atoms with Gasteiger partial charge in [-0.2, -0.15) is 0 Å². The summed E-state index contributed by atoms with van der Waals surface area (Å²) in [4.78, 5) is 20.0. The van der Waals surface area contributed by atoms with Gasteiger partial charge in [-0.15, -0.1) is 0 Å². The highest BCUT2D eigenvalue weighted by Gasteiger charge is 2.35. The van der Waals surface area contributed by atoms with Gasteiger partial charge in [-0.3, -0.25) is 14.7 Å². The van der Waals surface area contributed by atoms with Gasteiger partial charge in [0.1, 0.15) is 4.32 Å². The third-order valence-electron chi connectivity index (χ3n) is 5.40.